The van der Waals surface area contributed by atoms with Gasteiger partial charge in [-0.15, -0.1) is 0 Å². The molecule has 0 heterocycles. The number of hydrogen-bond donors (Lipinski definition) is 0. The molecular weight excluding hydrogens is 506 g/mol. The lowest BCUT2D eigenvalue weighted by molar-refractivity contribution is -0.467. The van der Waals surface area contributed by atoms with Gasteiger partial charge in [0, 0.05) is 0 Å². The zero-order valence-electron chi connectivity index (χ0n) is 13.3. The van der Waals surface area contributed by atoms with Gasteiger partial charge >= 0.3 is 54.0 Å². The Morgan fingerprint density at radius 1 is 0.516 bits per heavy atom. The van der Waals surface area contributed by atoms with Crippen molar-refractivity contribution in [3.05, 3.63) is 12.2 Å². The zero-order chi connectivity index (χ0) is 25.9. The van der Waals surface area contributed by atoms with Crippen LogP contribution < -0.4 is 0 Å². The van der Waals surface area contributed by atoms with Crippen molar-refractivity contribution in [3.63, 3.8) is 0 Å². The van der Waals surface area contributed by atoms with Crippen LogP contribution in [0.15, 0.2) is 12.2 Å². The average molecular weight is 508 g/mol. The van der Waals surface area contributed by atoms with E-state index < -0.39 is 59.6 Å². The summed E-state index contributed by atoms with van der Waals surface area (Å²) >= 11 is 0. The predicted molar refractivity (Wildman–Crippen MR) is 57.0 cm³/mol. The van der Waals surface area contributed by atoms with Gasteiger partial charge in [0.1, 0.15) is 5.57 Å². The Morgan fingerprint density at radius 2 is 0.806 bits per heavy atom. The molecule has 31 heavy (non-hydrogen) atoms. The summed E-state index contributed by atoms with van der Waals surface area (Å²) in [7, 11) is 0. The van der Waals surface area contributed by atoms with Crippen LogP contribution in [0.1, 0.15) is 0 Å². The Morgan fingerprint density at radius 3 is 1.10 bits per heavy atom. The lowest BCUT2D eigenvalue weighted by Crippen LogP contribution is -2.73. The van der Waals surface area contributed by atoms with Crippen molar-refractivity contribution in [3.8, 4) is 0 Å². The molecule has 0 saturated carbocycles. The van der Waals surface area contributed by atoms with Crippen LogP contribution in [-0.2, 0) is 9.53 Å². The second-order valence-corrected chi connectivity index (χ2v) is 5.25. The first-order valence-corrected chi connectivity index (χ1v) is 6.37. The van der Waals surface area contributed by atoms with Crippen LogP contribution in [0, 0.1) is 0 Å². The summed E-state index contributed by atoms with van der Waals surface area (Å²) < 4.78 is 229. The maximum Gasteiger partial charge on any atom is 0.473 e. The highest BCUT2D eigenvalue weighted by atomic mass is 19.4. The summed E-state index contributed by atoms with van der Waals surface area (Å²) in [6.07, 6.45) is -21.5. The third kappa shape index (κ3) is 4.20. The van der Waals surface area contributed by atoms with E-state index in [-0.39, 0.29) is 0 Å². The van der Waals surface area contributed by atoms with E-state index >= 15 is 0 Å². The van der Waals surface area contributed by atoms with Crippen molar-refractivity contribution in [2.75, 3.05) is 0 Å². The third-order valence-electron chi connectivity index (χ3n) is 3.11. The Balaban J connectivity index is 6.45. The fourth-order valence-electron chi connectivity index (χ4n) is 1.31. The van der Waals surface area contributed by atoms with E-state index in [4.69, 9.17) is 0 Å². The first-order valence-electron chi connectivity index (χ1n) is 6.37. The zero-order valence-corrected chi connectivity index (χ0v) is 13.3. The fraction of sp³-hybridized carbons (Fsp3) is 0.727. The molecule has 0 aromatic rings. The maximum atomic E-state index is 13.2. The number of carbonyl (C=O) groups is 1. The van der Waals surface area contributed by atoms with E-state index in [9.17, 15) is 83.8 Å². The Kier molecular flexibility index (Phi) is 6.76. The SMILES string of the molecule is C=C(C(=O)OC(F)(F)C(F)(F)C(F)(F)C(F)(F)C(F)(F)C(F)(F)C(F)(F)F)C(F)(F)F. The lowest BCUT2D eigenvalue weighted by Gasteiger charge is -2.40. The largest absolute Gasteiger partial charge is 0.473 e. The molecule has 184 valence electrons. The van der Waals surface area contributed by atoms with Gasteiger partial charge in [0.2, 0.25) is 0 Å². The van der Waals surface area contributed by atoms with Gasteiger partial charge < -0.3 is 4.74 Å². The molecule has 0 aromatic heterocycles. The first-order chi connectivity index (χ1) is 13.0. The second-order valence-electron chi connectivity index (χ2n) is 5.25. The number of carbonyl (C=O) groups excluding carboxylic acids is 1. The van der Waals surface area contributed by atoms with E-state index in [0.717, 1.165) is 0 Å². The molecule has 0 aliphatic carbocycles. The summed E-state index contributed by atoms with van der Waals surface area (Å²) in [5.74, 6) is -46.1. The van der Waals surface area contributed by atoms with Crippen molar-refractivity contribution in [1.82, 2.24) is 0 Å². The third-order valence-corrected chi connectivity index (χ3v) is 3.11. The normalized spacial score (nSPS) is 15.7. The first kappa shape index (κ1) is 28.9. The minimum atomic E-state index is -8.67. The van der Waals surface area contributed by atoms with Crippen LogP contribution in [0.2, 0.25) is 0 Å². The molecule has 0 spiro atoms. The van der Waals surface area contributed by atoms with E-state index in [1.165, 1.54) is 0 Å². The molecule has 0 aliphatic heterocycles. The van der Waals surface area contributed by atoms with Crippen molar-refractivity contribution in [2.24, 2.45) is 0 Å². The number of alkyl halides is 18. The van der Waals surface area contributed by atoms with E-state index in [1.807, 2.05) is 4.74 Å². The van der Waals surface area contributed by atoms with E-state index in [0.29, 0.717) is 0 Å². The Labute approximate surface area is 156 Å². The molecule has 0 radical (unpaired) electrons. The molecule has 0 aliphatic rings. The molecule has 0 unspecified atom stereocenters. The van der Waals surface area contributed by atoms with Gasteiger partial charge in [-0.25, -0.2) is 4.79 Å². The van der Waals surface area contributed by atoms with Gasteiger partial charge in [-0.2, -0.15) is 79.0 Å². The topological polar surface area (TPSA) is 26.3 Å². The van der Waals surface area contributed by atoms with Crippen LogP contribution in [0.3, 0.4) is 0 Å². The van der Waals surface area contributed by atoms with Crippen molar-refractivity contribution < 1.29 is 88.6 Å². The highest BCUT2D eigenvalue weighted by Crippen LogP contribution is 2.62. The molecular formula is C11H2F18O2. The summed E-state index contributed by atoms with van der Waals surface area (Å²) in [5.41, 5.74) is -3.15. The minimum Gasteiger partial charge on any atom is -0.392 e. The number of esters is 1. The van der Waals surface area contributed by atoms with Crippen LogP contribution in [0.5, 0.6) is 0 Å². The van der Waals surface area contributed by atoms with Gasteiger partial charge in [-0.05, 0) is 0 Å². The van der Waals surface area contributed by atoms with Gasteiger partial charge in [-0.3, -0.25) is 0 Å². The fourth-order valence-corrected chi connectivity index (χ4v) is 1.31. The molecule has 0 atom stereocenters. The molecule has 0 amide bonds. The van der Waals surface area contributed by atoms with Gasteiger partial charge in [-0.1, -0.05) is 6.58 Å². The smallest absolute Gasteiger partial charge is 0.392 e. The highest BCUT2D eigenvalue weighted by Gasteiger charge is 2.94. The number of halogens is 18. The monoisotopic (exact) mass is 508 g/mol. The van der Waals surface area contributed by atoms with Crippen molar-refractivity contribution in [2.45, 2.75) is 48.1 Å². The number of rotatable bonds is 7. The quantitative estimate of drug-likeness (QED) is 0.241. The molecule has 0 bridgehead atoms. The van der Waals surface area contributed by atoms with Crippen molar-refractivity contribution >= 4 is 5.97 Å². The van der Waals surface area contributed by atoms with Crippen LogP contribution in [0.4, 0.5) is 79.0 Å². The Hall–Kier alpha value is -2.05. The van der Waals surface area contributed by atoms with Crippen LogP contribution in [-0.4, -0.2) is 54.0 Å². The molecule has 0 fully saturated rings. The van der Waals surface area contributed by atoms with Gasteiger partial charge in [0.25, 0.3) is 0 Å². The lowest BCUT2D eigenvalue weighted by atomic mass is 9.93. The highest BCUT2D eigenvalue weighted by molar-refractivity contribution is 5.89. The predicted octanol–water partition coefficient (Wildman–Crippen LogP) is 5.98. The molecule has 0 saturated heterocycles. The number of ether oxygens (including phenoxy) is 1. The molecule has 0 N–H and O–H groups in total. The molecule has 0 aromatic carbocycles. The van der Waals surface area contributed by atoms with Crippen molar-refractivity contribution in [1.29, 1.82) is 0 Å². The minimum absolute atomic E-state index is 1.64. The van der Waals surface area contributed by atoms with E-state index in [1.54, 1.807) is 6.58 Å². The van der Waals surface area contributed by atoms with Crippen LogP contribution >= 0.6 is 0 Å². The summed E-state index contributed by atoms with van der Waals surface area (Å²) in [6, 6.07) is 0. The van der Waals surface area contributed by atoms with E-state index in [2.05, 4.69) is 0 Å². The second kappa shape index (κ2) is 7.24. The average Bonchev–Trinajstić information content (AvgIpc) is 2.50. The maximum absolute atomic E-state index is 13.2. The standard InChI is InChI=1S/C11H2F18O2/c1-2(4(12,13)14)3(30)31-11(28,29)9(23,24)7(19,20)5(15,16)6(17,18)8(21,22)10(25,26)27/h1H2. The summed E-state index contributed by atoms with van der Waals surface area (Å²) in [5, 5.41) is 0. The van der Waals surface area contributed by atoms with Crippen LogP contribution in [0.25, 0.3) is 0 Å². The number of hydrogen-bond acceptors (Lipinski definition) is 2. The molecule has 2 nitrogen and oxygen atoms in total. The summed E-state index contributed by atoms with van der Waals surface area (Å²) in [6.45, 7) is 1.64. The summed E-state index contributed by atoms with van der Waals surface area (Å²) in [4.78, 5) is 10.6. The molecule has 0 rings (SSSR count). The Bertz CT molecular complexity index is 711. The van der Waals surface area contributed by atoms with Gasteiger partial charge in [0.15, 0.2) is 0 Å². The molecule has 20 heteroatoms. The van der Waals surface area contributed by atoms with Gasteiger partial charge in [0.05, 0.1) is 0 Å².